The molecule has 1 aromatic carbocycles. The van der Waals surface area contributed by atoms with E-state index >= 15 is 0 Å². The third-order valence-electron chi connectivity index (χ3n) is 4.56. The van der Waals surface area contributed by atoms with Gasteiger partial charge in [0.05, 0.1) is 13.7 Å². The fraction of sp³-hybridized carbons (Fsp3) is 0.550. The number of nitrogens with zero attached hydrogens (tertiary/aromatic N) is 2. The molecule has 0 saturated carbocycles. The number of nitrogens with one attached hydrogen (secondary N) is 2. The lowest BCUT2D eigenvalue weighted by Gasteiger charge is -2.32. The van der Waals surface area contributed by atoms with E-state index in [1.165, 1.54) is 13.2 Å². The zero-order valence-corrected chi connectivity index (χ0v) is 16.6. The van der Waals surface area contributed by atoms with Crippen molar-refractivity contribution < 1.29 is 18.3 Å². The molecule has 6 nitrogen and oxygen atoms in total. The Morgan fingerprint density at radius 3 is 2.75 bits per heavy atom. The van der Waals surface area contributed by atoms with Gasteiger partial charge in [0.15, 0.2) is 5.96 Å². The molecule has 1 aromatic rings. The molecule has 2 N–H and O–H groups in total. The number of halogens is 2. The van der Waals surface area contributed by atoms with Gasteiger partial charge in [-0.05, 0) is 31.9 Å². The van der Waals surface area contributed by atoms with E-state index in [0.29, 0.717) is 29.9 Å². The minimum absolute atomic E-state index is 0.0756. The molecule has 28 heavy (non-hydrogen) atoms. The molecule has 8 heteroatoms. The molecule has 2 rings (SSSR count). The maximum atomic E-state index is 12.7. The smallest absolute Gasteiger partial charge is 0.387 e. The SMILES string of the molecule is C=CCN1CCC(NC(=NCc2ccc(OC)cc2OC(F)F)NCC)CC1. The lowest BCUT2D eigenvalue weighted by atomic mass is 10.1. The van der Waals surface area contributed by atoms with Crippen molar-refractivity contribution >= 4 is 5.96 Å². The molecule has 0 atom stereocenters. The molecule has 1 saturated heterocycles. The third-order valence-corrected chi connectivity index (χ3v) is 4.56. The number of methoxy groups -OCH3 is 1. The van der Waals surface area contributed by atoms with Gasteiger partial charge in [-0.1, -0.05) is 6.08 Å². The first kappa shape index (κ1) is 21.9. The van der Waals surface area contributed by atoms with E-state index in [1.54, 1.807) is 12.1 Å². The Kier molecular flexibility index (Phi) is 9.00. The molecule has 1 aliphatic rings. The Morgan fingerprint density at radius 1 is 1.39 bits per heavy atom. The van der Waals surface area contributed by atoms with E-state index in [1.807, 2.05) is 13.0 Å². The zero-order chi connectivity index (χ0) is 20.4. The zero-order valence-electron chi connectivity index (χ0n) is 16.6. The van der Waals surface area contributed by atoms with Gasteiger partial charge in [0, 0.05) is 43.9 Å². The van der Waals surface area contributed by atoms with Crippen molar-refractivity contribution in [2.24, 2.45) is 4.99 Å². The highest BCUT2D eigenvalue weighted by atomic mass is 19.3. The monoisotopic (exact) mass is 396 g/mol. The highest BCUT2D eigenvalue weighted by Crippen LogP contribution is 2.27. The number of alkyl halides is 2. The predicted molar refractivity (Wildman–Crippen MR) is 107 cm³/mol. The van der Waals surface area contributed by atoms with Crippen LogP contribution in [0.4, 0.5) is 8.78 Å². The summed E-state index contributed by atoms with van der Waals surface area (Å²) in [5, 5.41) is 6.66. The van der Waals surface area contributed by atoms with Crippen LogP contribution in [0.5, 0.6) is 11.5 Å². The van der Waals surface area contributed by atoms with Gasteiger partial charge in [-0.25, -0.2) is 4.99 Å². The number of aliphatic imine (C=N–C) groups is 1. The van der Waals surface area contributed by atoms with Gasteiger partial charge in [0.25, 0.3) is 0 Å². The van der Waals surface area contributed by atoms with E-state index in [2.05, 4.69) is 31.8 Å². The summed E-state index contributed by atoms with van der Waals surface area (Å²) in [6.45, 7) is 6.73. The number of piperidine rings is 1. The van der Waals surface area contributed by atoms with Crippen molar-refractivity contribution in [3.8, 4) is 11.5 Å². The molecule has 1 fully saturated rings. The van der Waals surface area contributed by atoms with Crippen LogP contribution < -0.4 is 20.1 Å². The van der Waals surface area contributed by atoms with Gasteiger partial charge in [0.1, 0.15) is 11.5 Å². The Balaban J connectivity index is 2.03. The van der Waals surface area contributed by atoms with Crippen LogP contribution in [0.3, 0.4) is 0 Å². The van der Waals surface area contributed by atoms with Gasteiger partial charge in [-0.15, -0.1) is 6.58 Å². The second-order valence-electron chi connectivity index (χ2n) is 6.56. The summed E-state index contributed by atoms with van der Waals surface area (Å²) in [5.41, 5.74) is 0.569. The number of guanidine groups is 1. The second kappa shape index (κ2) is 11.5. The Hall–Kier alpha value is -2.35. The molecule has 1 aliphatic heterocycles. The van der Waals surface area contributed by atoms with Crippen molar-refractivity contribution in [2.45, 2.75) is 39.0 Å². The summed E-state index contributed by atoms with van der Waals surface area (Å²) in [6, 6.07) is 5.18. The van der Waals surface area contributed by atoms with Gasteiger partial charge in [-0.2, -0.15) is 8.78 Å². The van der Waals surface area contributed by atoms with Crippen LogP contribution in [0, 0.1) is 0 Å². The number of likely N-dealkylation sites (tertiary alicyclic amines) is 1. The first-order valence-electron chi connectivity index (χ1n) is 9.55. The minimum atomic E-state index is -2.90. The Morgan fingerprint density at radius 2 is 2.14 bits per heavy atom. The fourth-order valence-electron chi connectivity index (χ4n) is 3.12. The maximum absolute atomic E-state index is 12.7. The summed E-state index contributed by atoms with van der Waals surface area (Å²) < 4.78 is 35.1. The average Bonchev–Trinajstić information content (AvgIpc) is 2.68. The van der Waals surface area contributed by atoms with Crippen molar-refractivity contribution in [3.05, 3.63) is 36.4 Å². The molecule has 0 radical (unpaired) electrons. The van der Waals surface area contributed by atoms with E-state index in [9.17, 15) is 8.78 Å². The van der Waals surface area contributed by atoms with Crippen molar-refractivity contribution in [1.29, 1.82) is 0 Å². The molecule has 0 spiro atoms. The summed E-state index contributed by atoms with van der Waals surface area (Å²) in [5.74, 6) is 1.20. The molecule has 0 aliphatic carbocycles. The number of benzene rings is 1. The highest BCUT2D eigenvalue weighted by molar-refractivity contribution is 5.80. The third kappa shape index (κ3) is 6.99. The molecule has 0 aromatic heterocycles. The van der Waals surface area contributed by atoms with Gasteiger partial charge < -0.3 is 20.1 Å². The fourth-order valence-corrected chi connectivity index (χ4v) is 3.12. The number of hydrogen-bond acceptors (Lipinski definition) is 4. The minimum Gasteiger partial charge on any atom is -0.497 e. The molecular weight excluding hydrogens is 366 g/mol. The van der Waals surface area contributed by atoms with Crippen LogP contribution in [0.2, 0.25) is 0 Å². The Bertz CT molecular complexity index is 647. The normalized spacial score (nSPS) is 16.1. The van der Waals surface area contributed by atoms with Crippen molar-refractivity contribution in [2.75, 3.05) is 33.3 Å². The lowest BCUT2D eigenvalue weighted by Crippen LogP contribution is -2.48. The van der Waals surface area contributed by atoms with E-state index in [0.717, 1.165) is 32.5 Å². The van der Waals surface area contributed by atoms with Crippen molar-refractivity contribution in [1.82, 2.24) is 15.5 Å². The standard InChI is InChI=1S/C20H30F2N4O2/c1-4-10-26-11-8-16(9-12-26)25-20(23-5-2)24-14-15-6-7-17(27-3)13-18(15)28-19(21)22/h4,6-7,13,16,19H,1,5,8-12,14H2,2-3H3,(H2,23,24,25). The maximum Gasteiger partial charge on any atom is 0.387 e. The van der Waals surface area contributed by atoms with E-state index in [4.69, 9.17) is 4.74 Å². The summed E-state index contributed by atoms with van der Waals surface area (Å²) >= 11 is 0. The van der Waals surface area contributed by atoms with Crippen molar-refractivity contribution in [3.63, 3.8) is 0 Å². The topological polar surface area (TPSA) is 58.1 Å². The van der Waals surface area contributed by atoms with Gasteiger partial charge in [0.2, 0.25) is 0 Å². The van der Waals surface area contributed by atoms with Crippen LogP contribution in [-0.2, 0) is 6.54 Å². The molecule has 0 amide bonds. The highest BCUT2D eigenvalue weighted by Gasteiger charge is 2.19. The number of rotatable bonds is 9. The quantitative estimate of drug-likeness (QED) is 0.382. The number of hydrogen-bond donors (Lipinski definition) is 2. The van der Waals surface area contributed by atoms with E-state index < -0.39 is 6.61 Å². The predicted octanol–water partition coefficient (Wildman–Crippen LogP) is 3.00. The molecular formula is C20H30F2N4O2. The first-order valence-corrected chi connectivity index (χ1v) is 9.55. The first-order chi connectivity index (χ1) is 13.5. The van der Waals surface area contributed by atoms with E-state index in [-0.39, 0.29) is 12.3 Å². The second-order valence-corrected chi connectivity index (χ2v) is 6.56. The Labute approximate surface area is 165 Å². The number of ether oxygens (including phenoxy) is 2. The summed E-state index contributed by atoms with van der Waals surface area (Å²) in [6.07, 6.45) is 3.95. The van der Waals surface area contributed by atoms with Crippen LogP contribution in [-0.4, -0.2) is 56.8 Å². The van der Waals surface area contributed by atoms with Crippen LogP contribution >= 0.6 is 0 Å². The van der Waals surface area contributed by atoms with Crippen LogP contribution in [0.25, 0.3) is 0 Å². The molecule has 0 bridgehead atoms. The van der Waals surface area contributed by atoms with Crippen LogP contribution in [0.15, 0.2) is 35.8 Å². The molecule has 0 unspecified atom stereocenters. The largest absolute Gasteiger partial charge is 0.497 e. The summed E-state index contributed by atoms with van der Waals surface area (Å²) in [7, 11) is 1.48. The average molecular weight is 396 g/mol. The van der Waals surface area contributed by atoms with Crippen LogP contribution in [0.1, 0.15) is 25.3 Å². The summed E-state index contributed by atoms with van der Waals surface area (Å²) in [4.78, 5) is 6.92. The molecule has 1 heterocycles. The molecule has 156 valence electrons. The van der Waals surface area contributed by atoms with Gasteiger partial charge >= 0.3 is 6.61 Å². The van der Waals surface area contributed by atoms with Gasteiger partial charge in [-0.3, -0.25) is 4.90 Å². The lowest BCUT2D eigenvalue weighted by molar-refractivity contribution is -0.0505.